The minimum absolute atomic E-state index is 0.336. The molecule has 0 radical (unpaired) electrons. The number of ether oxygens (including phenoxy) is 1. The molecule has 122 valence electrons. The molecule has 0 aliphatic heterocycles. The number of hydrogen-bond donors (Lipinski definition) is 2. The third kappa shape index (κ3) is 3.46. The summed E-state index contributed by atoms with van der Waals surface area (Å²) >= 11 is 0. The molecule has 1 heterocycles. The van der Waals surface area contributed by atoms with Gasteiger partial charge in [-0.1, -0.05) is 18.2 Å². The van der Waals surface area contributed by atoms with Gasteiger partial charge in [0.2, 0.25) is 5.88 Å². The Kier molecular flexibility index (Phi) is 4.33. The van der Waals surface area contributed by atoms with Crippen LogP contribution in [0.5, 0.6) is 11.6 Å². The zero-order valence-electron chi connectivity index (χ0n) is 14.0. The Hall–Kier alpha value is -3.08. The summed E-state index contributed by atoms with van der Waals surface area (Å²) in [5, 5.41) is 3.20. The van der Waals surface area contributed by atoms with Crippen LogP contribution in [0, 0.1) is 20.8 Å². The van der Waals surface area contributed by atoms with E-state index in [2.05, 4.69) is 22.2 Å². The van der Waals surface area contributed by atoms with Crippen LogP contribution in [0.1, 0.15) is 16.7 Å². The minimum Gasteiger partial charge on any atom is -0.437 e. The van der Waals surface area contributed by atoms with Crippen molar-refractivity contribution in [3.63, 3.8) is 0 Å². The molecule has 0 spiro atoms. The number of nitrogen functional groups attached to an aromatic ring is 1. The highest BCUT2D eigenvalue weighted by molar-refractivity contribution is 5.72. The van der Waals surface area contributed by atoms with Crippen LogP contribution in [0.3, 0.4) is 0 Å². The quantitative estimate of drug-likeness (QED) is 0.739. The van der Waals surface area contributed by atoms with E-state index in [1.165, 1.54) is 11.9 Å². The van der Waals surface area contributed by atoms with Crippen molar-refractivity contribution in [3.8, 4) is 11.6 Å². The highest BCUT2D eigenvalue weighted by atomic mass is 16.5. The van der Waals surface area contributed by atoms with Crippen LogP contribution in [0.15, 0.2) is 48.8 Å². The molecule has 0 aliphatic carbocycles. The van der Waals surface area contributed by atoms with E-state index in [0.29, 0.717) is 23.1 Å². The summed E-state index contributed by atoms with van der Waals surface area (Å²) in [6, 6.07) is 13.9. The molecule has 0 amide bonds. The standard InChI is InChI=1S/C19H20N4O/c1-12-5-4-6-15(9-12)23-18-17(20)19(22-11-21-18)24-16-8-7-13(2)14(3)10-16/h4-11H,20H2,1-3H3,(H,21,22,23). The van der Waals surface area contributed by atoms with Gasteiger partial charge in [-0.25, -0.2) is 4.98 Å². The van der Waals surface area contributed by atoms with Crippen LogP contribution in [0.4, 0.5) is 17.2 Å². The maximum Gasteiger partial charge on any atom is 0.248 e. The molecule has 24 heavy (non-hydrogen) atoms. The molecule has 0 unspecified atom stereocenters. The van der Waals surface area contributed by atoms with Crippen molar-refractivity contribution in [2.24, 2.45) is 0 Å². The highest BCUT2D eigenvalue weighted by Crippen LogP contribution is 2.31. The van der Waals surface area contributed by atoms with Gasteiger partial charge in [-0.05, 0) is 61.7 Å². The highest BCUT2D eigenvalue weighted by Gasteiger charge is 2.11. The fourth-order valence-corrected chi connectivity index (χ4v) is 2.31. The van der Waals surface area contributed by atoms with Crippen molar-refractivity contribution in [1.29, 1.82) is 0 Å². The van der Waals surface area contributed by atoms with Crippen molar-refractivity contribution in [2.45, 2.75) is 20.8 Å². The van der Waals surface area contributed by atoms with Crippen molar-refractivity contribution in [1.82, 2.24) is 9.97 Å². The molecular formula is C19H20N4O. The summed E-state index contributed by atoms with van der Waals surface area (Å²) < 4.78 is 5.83. The van der Waals surface area contributed by atoms with E-state index in [9.17, 15) is 0 Å². The zero-order valence-corrected chi connectivity index (χ0v) is 14.0. The molecule has 0 saturated carbocycles. The van der Waals surface area contributed by atoms with Crippen molar-refractivity contribution in [3.05, 3.63) is 65.5 Å². The van der Waals surface area contributed by atoms with Crippen LogP contribution in [-0.4, -0.2) is 9.97 Å². The van der Waals surface area contributed by atoms with Crippen LogP contribution < -0.4 is 15.8 Å². The molecular weight excluding hydrogens is 300 g/mol. The summed E-state index contributed by atoms with van der Waals surface area (Å²) in [7, 11) is 0. The lowest BCUT2D eigenvalue weighted by atomic mass is 10.1. The van der Waals surface area contributed by atoms with Crippen LogP contribution in [-0.2, 0) is 0 Å². The number of nitrogens with one attached hydrogen (secondary N) is 1. The summed E-state index contributed by atoms with van der Waals surface area (Å²) in [5.74, 6) is 1.56. The van der Waals surface area contributed by atoms with E-state index in [0.717, 1.165) is 16.8 Å². The minimum atomic E-state index is 0.336. The number of rotatable bonds is 4. The van der Waals surface area contributed by atoms with Gasteiger partial charge in [-0.15, -0.1) is 0 Å². The number of benzene rings is 2. The van der Waals surface area contributed by atoms with Gasteiger partial charge >= 0.3 is 0 Å². The molecule has 0 fully saturated rings. The van der Waals surface area contributed by atoms with Gasteiger partial charge < -0.3 is 15.8 Å². The maximum absolute atomic E-state index is 6.17. The Balaban J connectivity index is 1.86. The Bertz CT molecular complexity index is 877. The summed E-state index contributed by atoms with van der Waals surface area (Å²) in [6.07, 6.45) is 1.44. The summed E-state index contributed by atoms with van der Waals surface area (Å²) in [6.45, 7) is 6.13. The predicted molar refractivity (Wildman–Crippen MR) is 96.9 cm³/mol. The van der Waals surface area contributed by atoms with E-state index < -0.39 is 0 Å². The number of anilines is 3. The van der Waals surface area contributed by atoms with E-state index in [1.807, 2.05) is 56.3 Å². The molecule has 5 heteroatoms. The van der Waals surface area contributed by atoms with Crippen molar-refractivity contribution < 1.29 is 4.74 Å². The lowest BCUT2D eigenvalue weighted by Crippen LogP contribution is -2.03. The van der Waals surface area contributed by atoms with Gasteiger partial charge in [-0.2, -0.15) is 4.98 Å². The SMILES string of the molecule is Cc1cccc(Nc2ncnc(Oc3ccc(C)c(C)c3)c2N)c1. The number of nitrogens with zero attached hydrogens (tertiary/aromatic N) is 2. The average Bonchev–Trinajstić information content (AvgIpc) is 2.55. The largest absolute Gasteiger partial charge is 0.437 e. The maximum atomic E-state index is 6.17. The topological polar surface area (TPSA) is 73.1 Å². The van der Waals surface area contributed by atoms with Gasteiger partial charge in [0, 0.05) is 5.69 Å². The number of aryl methyl sites for hydroxylation is 3. The second-order valence-corrected chi connectivity index (χ2v) is 5.78. The molecule has 3 rings (SSSR count). The molecule has 2 aromatic carbocycles. The average molecular weight is 320 g/mol. The lowest BCUT2D eigenvalue weighted by molar-refractivity contribution is 0.464. The van der Waals surface area contributed by atoms with Crippen molar-refractivity contribution in [2.75, 3.05) is 11.1 Å². The molecule has 0 saturated heterocycles. The number of nitrogens with two attached hydrogens (primary N) is 1. The molecule has 0 bridgehead atoms. The van der Waals surface area contributed by atoms with Crippen LogP contribution >= 0.6 is 0 Å². The van der Waals surface area contributed by atoms with E-state index in [1.54, 1.807) is 0 Å². The number of aromatic nitrogens is 2. The van der Waals surface area contributed by atoms with Gasteiger partial charge in [0.05, 0.1) is 0 Å². The zero-order chi connectivity index (χ0) is 17.1. The molecule has 5 nitrogen and oxygen atoms in total. The number of hydrogen-bond acceptors (Lipinski definition) is 5. The smallest absolute Gasteiger partial charge is 0.248 e. The lowest BCUT2D eigenvalue weighted by Gasteiger charge is -2.12. The summed E-state index contributed by atoms with van der Waals surface area (Å²) in [4.78, 5) is 8.36. The fraction of sp³-hybridized carbons (Fsp3) is 0.158. The Morgan fingerprint density at radius 3 is 2.54 bits per heavy atom. The first-order chi connectivity index (χ1) is 11.5. The predicted octanol–water partition coefficient (Wildman–Crippen LogP) is 4.52. The van der Waals surface area contributed by atoms with Gasteiger partial charge in [0.15, 0.2) is 5.82 Å². The van der Waals surface area contributed by atoms with Gasteiger partial charge in [0.1, 0.15) is 17.8 Å². The molecule has 3 aromatic rings. The van der Waals surface area contributed by atoms with Crippen LogP contribution in [0.25, 0.3) is 0 Å². The third-order valence-electron chi connectivity index (χ3n) is 3.82. The monoisotopic (exact) mass is 320 g/mol. The first-order valence-corrected chi connectivity index (χ1v) is 7.72. The third-order valence-corrected chi connectivity index (χ3v) is 3.82. The van der Waals surface area contributed by atoms with E-state index in [-0.39, 0.29) is 0 Å². The fourth-order valence-electron chi connectivity index (χ4n) is 2.31. The van der Waals surface area contributed by atoms with E-state index in [4.69, 9.17) is 10.5 Å². The Morgan fingerprint density at radius 2 is 1.79 bits per heavy atom. The first kappa shape index (κ1) is 15.8. The molecule has 3 N–H and O–H groups in total. The van der Waals surface area contributed by atoms with Gasteiger partial charge in [-0.3, -0.25) is 0 Å². The molecule has 0 atom stereocenters. The van der Waals surface area contributed by atoms with Crippen molar-refractivity contribution >= 4 is 17.2 Å². The summed E-state index contributed by atoms with van der Waals surface area (Å²) in [5.41, 5.74) is 11.0. The second-order valence-electron chi connectivity index (χ2n) is 5.78. The Labute approximate surface area is 141 Å². The first-order valence-electron chi connectivity index (χ1n) is 7.72. The second kappa shape index (κ2) is 6.58. The van der Waals surface area contributed by atoms with Gasteiger partial charge in [0.25, 0.3) is 0 Å². The van der Waals surface area contributed by atoms with E-state index >= 15 is 0 Å². The molecule has 1 aromatic heterocycles. The Morgan fingerprint density at radius 1 is 0.958 bits per heavy atom. The van der Waals surface area contributed by atoms with Crippen LogP contribution in [0.2, 0.25) is 0 Å². The molecule has 0 aliphatic rings. The normalized spacial score (nSPS) is 10.5.